The topological polar surface area (TPSA) is 111 Å². The molecule has 11 heteroatoms. The minimum absolute atomic E-state index is 0.0380. The molecule has 294 valence electrons. The third-order valence-corrected chi connectivity index (χ3v) is 13.3. The first-order valence-corrected chi connectivity index (χ1v) is 20.0. The molecular weight excluding hydrogens is 666 g/mol. The molecule has 3 heterocycles. The van der Waals surface area contributed by atoms with E-state index < -0.39 is 12.4 Å². The lowest BCUT2D eigenvalue weighted by atomic mass is 9.70. The molecule has 0 bridgehead atoms. The predicted molar refractivity (Wildman–Crippen MR) is 194 cm³/mol. The van der Waals surface area contributed by atoms with Gasteiger partial charge in [-0.1, -0.05) is 32.1 Å². The molecule has 6 rings (SSSR count). The number of likely N-dealkylation sites (N-methyl/N-ethyl adjacent to an activating group) is 1. The Labute approximate surface area is 311 Å². The summed E-state index contributed by atoms with van der Waals surface area (Å²) in [5.41, 5.74) is 0.763. The van der Waals surface area contributed by atoms with Crippen LogP contribution in [0.15, 0.2) is 23.8 Å². The molecule has 6 aliphatic rings. The van der Waals surface area contributed by atoms with Gasteiger partial charge >= 0.3 is 5.97 Å². The number of cyclic esters (lactones) is 1. The Bertz CT molecular complexity index is 1290. The molecule has 3 aliphatic heterocycles. The fourth-order valence-corrected chi connectivity index (χ4v) is 10.4. The van der Waals surface area contributed by atoms with Crippen LogP contribution in [0.3, 0.4) is 0 Å². The van der Waals surface area contributed by atoms with Gasteiger partial charge in [-0.2, -0.15) is 0 Å². The van der Waals surface area contributed by atoms with Gasteiger partial charge in [-0.15, -0.1) is 0 Å². The molecule has 0 radical (unpaired) electrons. The van der Waals surface area contributed by atoms with Gasteiger partial charge in [0.25, 0.3) is 0 Å². The lowest BCUT2D eigenvalue weighted by Crippen LogP contribution is -2.59. The fraction of sp³-hybridized carbons (Fsp3) is 0.854. The third-order valence-electron chi connectivity index (χ3n) is 13.3. The van der Waals surface area contributed by atoms with Crippen LogP contribution in [0.25, 0.3) is 0 Å². The highest BCUT2D eigenvalue weighted by molar-refractivity contribution is 5.99. The van der Waals surface area contributed by atoms with E-state index in [2.05, 4.69) is 51.1 Å². The molecule has 4 fully saturated rings. The SMILES string of the molecule is CC[C@H]1CCC[C@H](O[C@H]2CC[C@H](N(C)C)[C@@H](C)O2)[C@@H](C)C(=O)C2=C[C@@H]3[C@@H](C=C[C@@H]4C[C@@H](O[C@@H]5O[C@@H](C)[C@H](OC)[C@@H](OC)[C@H]5OC)C[C@@H]34)[C@@H]2CC(=O)O1. The number of nitrogens with zero attached hydrogens (tertiary/aromatic N) is 1. The van der Waals surface area contributed by atoms with Crippen LogP contribution in [0.2, 0.25) is 0 Å². The highest BCUT2D eigenvalue weighted by Crippen LogP contribution is 2.54. The fourth-order valence-electron chi connectivity index (χ4n) is 10.4. The van der Waals surface area contributed by atoms with Crippen LogP contribution in [0.1, 0.15) is 85.5 Å². The first kappa shape index (κ1) is 40.0. The van der Waals surface area contributed by atoms with Crippen molar-refractivity contribution in [1.29, 1.82) is 0 Å². The van der Waals surface area contributed by atoms with Crippen LogP contribution < -0.4 is 0 Å². The molecule has 0 N–H and O–H groups in total. The summed E-state index contributed by atoms with van der Waals surface area (Å²) in [6, 6.07) is 0.339. The Morgan fingerprint density at radius 2 is 1.58 bits per heavy atom. The van der Waals surface area contributed by atoms with Crippen molar-refractivity contribution in [2.24, 2.45) is 35.5 Å². The predicted octanol–water partition coefficient (Wildman–Crippen LogP) is 5.49. The van der Waals surface area contributed by atoms with E-state index in [1.165, 1.54) is 0 Å². The number of carbonyl (C=O) groups excluding carboxylic acids is 2. The summed E-state index contributed by atoms with van der Waals surface area (Å²) in [6.45, 7) is 8.17. The van der Waals surface area contributed by atoms with Crippen molar-refractivity contribution >= 4 is 11.8 Å². The highest BCUT2D eigenvalue weighted by atomic mass is 16.7. The number of hydrogen-bond acceptors (Lipinski definition) is 11. The highest BCUT2D eigenvalue weighted by Gasteiger charge is 2.52. The van der Waals surface area contributed by atoms with Crippen LogP contribution in [-0.4, -0.2) is 120 Å². The van der Waals surface area contributed by atoms with Crippen molar-refractivity contribution in [2.75, 3.05) is 35.4 Å². The quantitative estimate of drug-likeness (QED) is 0.222. The van der Waals surface area contributed by atoms with Crippen molar-refractivity contribution in [3.05, 3.63) is 23.8 Å². The number of esters is 1. The van der Waals surface area contributed by atoms with Gasteiger partial charge in [0.05, 0.1) is 30.8 Å². The van der Waals surface area contributed by atoms with E-state index in [0.717, 1.165) is 50.5 Å². The van der Waals surface area contributed by atoms with Crippen LogP contribution in [0, 0.1) is 35.5 Å². The maximum absolute atomic E-state index is 14.7. The van der Waals surface area contributed by atoms with E-state index in [-0.39, 0.29) is 96.8 Å². The summed E-state index contributed by atoms with van der Waals surface area (Å²) < 4.78 is 49.5. The van der Waals surface area contributed by atoms with Crippen molar-refractivity contribution in [1.82, 2.24) is 4.90 Å². The number of ether oxygens (including phenoxy) is 8. The molecule has 0 unspecified atom stereocenters. The van der Waals surface area contributed by atoms with E-state index in [0.29, 0.717) is 18.4 Å². The van der Waals surface area contributed by atoms with Crippen LogP contribution in [0.4, 0.5) is 0 Å². The van der Waals surface area contributed by atoms with Gasteiger partial charge in [0.2, 0.25) is 0 Å². The Hall–Kier alpha value is -1.70. The Balaban J connectivity index is 1.20. The molecular formula is C41H65NO10. The molecule has 0 aromatic heterocycles. The van der Waals surface area contributed by atoms with E-state index in [9.17, 15) is 9.59 Å². The zero-order valence-corrected chi connectivity index (χ0v) is 32.9. The Kier molecular flexibility index (Phi) is 13.4. The maximum Gasteiger partial charge on any atom is 0.306 e. The number of fused-ring (bicyclic) bond motifs is 5. The van der Waals surface area contributed by atoms with Crippen molar-refractivity contribution in [3.63, 3.8) is 0 Å². The third kappa shape index (κ3) is 8.27. The summed E-state index contributed by atoms with van der Waals surface area (Å²) in [7, 11) is 9.15. The number of rotatable bonds is 9. The first-order chi connectivity index (χ1) is 25.0. The molecule has 0 aromatic rings. The molecule has 3 saturated heterocycles. The van der Waals surface area contributed by atoms with Crippen molar-refractivity contribution in [3.8, 4) is 0 Å². The molecule has 3 aliphatic carbocycles. The largest absolute Gasteiger partial charge is 0.462 e. The molecule has 0 amide bonds. The zero-order chi connectivity index (χ0) is 37.3. The zero-order valence-electron chi connectivity index (χ0n) is 32.9. The molecule has 52 heavy (non-hydrogen) atoms. The molecule has 0 spiro atoms. The smallest absolute Gasteiger partial charge is 0.306 e. The average Bonchev–Trinajstić information content (AvgIpc) is 3.70. The monoisotopic (exact) mass is 731 g/mol. The molecule has 11 nitrogen and oxygen atoms in total. The van der Waals surface area contributed by atoms with Gasteiger partial charge in [-0.05, 0) is 109 Å². The lowest BCUT2D eigenvalue weighted by Gasteiger charge is -2.44. The van der Waals surface area contributed by atoms with Gasteiger partial charge < -0.3 is 42.8 Å². The number of Topliss-reactive ketones (excluding diaryl/α,β-unsaturated/α-hetero) is 1. The van der Waals surface area contributed by atoms with E-state index in [1.54, 1.807) is 21.3 Å². The average molecular weight is 732 g/mol. The summed E-state index contributed by atoms with van der Waals surface area (Å²) >= 11 is 0. The van der Waals surface area contributed by atoms with Gasteiger partial charge in [-0.25, -0.2) is 0 Å². The van der Waals surface area contributed by atoms with Crippen LogP contribution in [0.5, 0.6) is 0 Å². The van der Waals surface area contributed by atoms with E-state index in [4.69, 9.17) is 37.9 Å². The standard InChI is InChI=1S/C41H65NO10/c1-10-26-12-11-13-34(52-36-17-16-33(42(5)6)23(3)48-36)22(2)37(44)32-20-30-28(31(32)21-35(43)50-26)15-14-25-18-27(19-29(25)30)51-41-40(47-9)39(46-8)38(45-7)24(4)49-41/h14-15,20,22-31,33-34,36,38-41H,10-13,16-19,21H2,1-9H3/t22-,23-,24+,25-,26+,27-,28-,29-,30-,31+,33+,34+,36+,38+,39-,40-,41+/m1/s1. The minimum Gasteiger partial charge on any atom is -0.462 e. The summed E-state index contributed by atoms with van der Waals surface area (Å²) in [5.74, 6) is 0.0198. The summed E-state index contributed by atoms with van der Waals surface area (Å²) in [4.78, 5) is 30.4. The minimum atomic E-state index is -0.594. The number of allylic oxidation sites excluding steroid dienone is 4. The number of methoxy groups -OCH3 is 3. The Morgan fingerprint density at radius 1 is 0.827 bits per heavy atom. The van der Waals surface area contributed by atoms with E-state index >= 15 is 0 Å². The summed E-state index contributed by atoms with van der Waals surface area (Å²) in [5, 5.41) is 0. The lowest BCUT2D eigenvalue weighted by molar-refractivity contribution is -0.314. The number of ketones is 1. The second-order valence-electron chi connectivity index (χ2n) is 16.5. The van der Waals surface area contributed by atoms with Gasteiger partial charge in [-0.3, -0.25) is 9.59 Å². The second-order valence-corrected chi connectivity index (χ2v) is 16.5. The molecule has 1 saturated carbocycles. The van der Waals surface area contributed by atoms with Crippen molar-refractivity contribution in [2.45, 2.75) is 153 Å². The van der Waals surface area contributed by atoms with Gasteiger partial charge in [0.1, 0.15) is 24.4 Å². The second kappa shape index (κ2) is 17.4. The van der Waals surface area contributed by atoms with Gasteiger partial charge in [0.15, 0.2) is 18.4 Å². The van der Waals surface area contributed by atoms with Gasteiger partial charge in [0, 0.05) is 39.2 Å². The number of hydrogen-bond donors (Lipinski definition) is 0. The molecule has 0 aromatic carbocycles. The first-order valence-electron chi connectivity index (χ1n) is 20.0. The van der Waals surface area contributed by atoms with E-state index in [1.807, 2.05) is 13.8 Å². The Morgan fingerprint density at radius 3 is 2.25 bits per heavy atom. The van der Waals surface area contributed by atoms with Crippen molar-refractivity contribution < 1.29 is 47.5 Å². The number of carbonyl (C=O) groups is 2. The normalized spacial score (nSPS) is 45.7. The maximum atomic E-state index is 14.7. The molecule has 17 atom stereocenters. The summed E-state index contributed by atoms with van der Waals surface area (Å²) in [6.07, 6.45) is 10.8. The van der Waals surface area contributed by atoms with Crippen LogP contribution in [-0.2, 0) is 47.5 Å². The van der Waals surface area contributed by atoms with Crippen LogP contribution >= 0.6 is 0 Å².